The Labute approximate surface area is 119 Å². The SMILES string of the molecule is CCNC1C(CN2CCN(C)CC2)CCCC1(C)C. The predicted octanol–water partition coefficient (Wildman–Crippen LogP) is 2.04. The van der Waals surface area contributed by atoms with Crippen molar-refractivity contribution in [1.29, 1.82) is 0 Å². The molecule has 1 saturated heterocycles. The number of hydrogen-bond donors (Lipinski definition) is 1. The van der Waals surface area contributed by atoms with E-state index >= 15 is 0 Å². The monoisotopic (exact) mass is 267 g/mol. The number of hydrogen-bond acceptors (Lipinski definition) is 3. The van der Waals surface area contributed by atoms with E-state index in [1.54, 1.807) is 0 Å². The van der Waals surface area contributed by atoms with Crippen LogP contribution in [0.1, 0.15) is 40.0 Å². The highest BCUT2D eigenvalue weighted by molar-refractivity contribution is 4.94. The van der Waals surface area contributed by atoms with Crippen LogP contribution in [0.2, 0.25) is 0 Å². The summed E-state index contributed by atoms with van der Waals surface area (Å²) in [4.78, 5) is 5.14. The number of rotatable bonds is 4. The van der Waals surface area contributed by atoms with Gasteiger partial charge in [0, 0.05) is 38.8 Å². The fourth-order valence-corrected chi connectivity index (χ4v) is 4.00. The van der Waals surface area contributed by atoms with E-state index in [9.17, 15) is 0 Å². The lowest BCUT2D eigenvalue weighted by molar-refractivity contribution is 0.0627. The van der Waals surface area contributed by atoms with Crippen LogP contribution in [0.25, 0.3) is 0 Å². The van der Waals surface area contributed by atoms with Crippen molar-refractivity contribution >= 4 is 0 Å². The van der Waals surface area contributed by atoms with Crippen LogP contribution >= 0.6 is 0 Å². The Morgan fingerprint density at radius 3 is 2.47 bits per heavy atom. The van der Waals surface area contributed by atoms with Crippen LogP contribution < -0.4 is 5.32 Å². The maximum atomic E-state index is 3.79. The molecule has 2 aliphatic rings. The van der Waals surface area contributed by atoms with Crippen molar-refractivity contribution in [3.05, 3.63) is 0 Å². The Bertz CT molecular complexity index is 269. The van der Waals surface area contributed by atoms with Gasteiger partial charge in [-0.1, -0.05) is 27.2 Å². The van der Waals surface area contributed by atoms with Gasteiger partial charge < -0.3 is 15.1 Å². The zero-order chi connectivity index (χ0) is 13.9. The molecule has 2 rings (SSSR count). The van der Waals surface area contributed by atoms with Crippen LogP contribution in [0.5, 0.6) is 0 Å². The molecule has 1 aliphatic heterocycles. The third kappa shape index (κ3) is 3.93. The second-order valence-corrected chi connectivity index (χ2v) is 7.28. The quantitative estimate of drug-likeness (QED) is 0.841. The standard InChI is InChI=1S/C16H33N3/c1-5-17-15-14(7-6-8-16(15,2)3)13-19-11-9-18(4)10-12-19/h14-15,17H,5-13H2,1-4H3. The van der Waals surface area contributed by atoms with Crippen LogP contribution in [0.3, 0.4) is 0 Å². The van der Waals surface area contributed by atoms with Gasteiger partial charge in [-0.25, -0.2) is 0 Å². The lowest BCUT2D eigenvalue weighted by atomic mass is 9.67. The van der Waals surface area contributed by atoms with E-state index < -0.39 is 0 Å². The van der Waals surface area contributed by atoms with Gasteiger partial charge in [0.15, 0.2) is 0 Å². The molecule has 3 heteroatoms. The first-order valence-corrected chi connectivity index (χ1v) is 8.17. The smallest absolute Gasteiger partial charge is 0.0159 e. The molecule has 2 atom stereocenters. The second-order valence-electron chi connectivity index (χ2n) is 7.28. The Morgan fingerprint density at radius 2 is 1.84 bits per heavy atom. The molecule has 0 radical (unpaired) electrons. The Kier molecular flexibility index (Phi) is 5.27. The summed E-state index contributed by atoms with van der Waals surface area (Å²) in [7, 11) is 2.24. The molecule has 0 amide bonds. The third-order valence-electron chi connectivity index (χ3n) is 5.22. The molecule has 1 N–H and O–H groups in total. The fourth-order valence-electron chi connectivity index (χ4n) is 4.00. The zero-order valence-electron chi connectivity index (χ0n) is 13.4. The van der Waals surface area contributed by atoms with Crippen LogP contribution in [0.15, 0.2) is 0 Å². The highest BCUT2D eigenvalue weighted by Gasteiger charge is 2.39. The van der Waals surface area contributed by atoms with Gasteiger partial charge >= 0.3 is 0 Å². The molecule has 1 heterocycles. The average molecular weight is 267 g/mol. The van der Waals surface area contributed by atoms with Gasteiger partial charge in [0.2, 0.25) is 0 Å². The van der Waals surface area contributed by atoms with Gasteiger partial charge in [-0.3, -0.25) is 0 Å². The number of nitrogens with one attached hydrogen (secondary N) is 1. The first-order valence-electron chi connectivity index (χ1n) is 8.17. The summed E-state index contributed by atoms with van der Waals surface area (Å²) in [5.74, 6) is 0.840. The van der Waals surface area contributed by atoms with Crippen LogP contribution in [-0.2, 0) is 0 Å². The van der Waals surface area contributed by atoms with E-state index in [2.05, 4.69) is 42.9 Å². The lowest BCUT2D eigenvalue weighted by Crippen LogP contribution is -2.54. The van der Waals surface area contributed by atoms with E-state index in [1.165, 1.54) is 52.0 Å². The summed E-state index contributed by atoms with van der Waals surface area (Å²) in [5.41, 5.74) is 0.464. The van der Waals surface area contributed by atoms with Gasteiger partial charge in [0.25, 0.3) is 0 Å². The summed E-state index contributed by atoms with van der Waals surface area (Å²) in [6.45, 7) is 14.6. The molecule has 112 valence electrons. The second kappa shape index (κ2) is 6.55. The summed E-state index contributed by atoms with van der Waals surface area (Å²) in [6, 6.07) is 0.700. The van der Waals surface area contributed by atoms with Crippen LogP contribution in [-0.4, -0.2) is 62.2 Å². The highest BCUT2D eigenvalue weighted by atomic mass is 15.2. The predicted molar refractivity (Wildman–Crippen MR) is 82.5 cm³/mol. The third-order valence-corrected chi connectivity index (χ3v) is 5.22. The molecule has 0 aromatic rings. The molecule has 1 saturated carbocycles. The first kappa shape index (κ1) is 15.3. The van der Waals surface area contributed by atoms with E-state index in [0.717, 1.165) is 12.5 Å². The molecule has 1 aliphatic carbocycles. The van der Waals surface area contributed by atoms with Crippen molar-refractivity contribution in [3.63, 3.8) is 0 Å². The normalized spacial score (nSPS) is 33.5. The molecule has 0 aromatic heterocycles. The van der Waals surface area contributed by atoms with Crippen LogP contribution in [0, 0.1) is 11.3 Å². The highest BCUT2D eigenvalue weighted by Crippen LogP contribution is 2.39. The van der Waals surface area contributed by atoms with Gasteiger partial charge in [-0.2, -0.15) is 0 Å². The molecule has 0 spiro atoms. The zero-order valence-corrected chi connectivity index (χ0v) is 13.4. The van der Waals surface area contributed by atoms with E-state index in [4.69, 9.17) is 0 Å². The topological polar surface area (TPSA) is 18.5 Å². The molecule has 19 heavy (non-hydrogen) atoms. The molecular weight excluding hydrogens is 234 g/mol. The Hall–Kier alpha value is -0.120. The van der Waals surface area contributed by atoms with Gasteiger partial charge in [0.05, 0.1) is 0 Å². The summed E-state index contributed by atoms with van der Waals surface area (Å²) in [5, 5.41) is 3.79. The Balaban J connectivity index is 1.93. The minimum absolute atomic E-state index is 0.464. The summed E-state index contributed by atoms with van der Waals surface area (Å²) < 4.78 is 0. The number of likely N-dealkylation sites (N-methyl/N-ethyl adjacent to an activating group) is 1. The van der Waals surface area contributed by atoms with E-state index in [0.29, 0.717) is 11.5 Å². The van der Waals surface area contributed by atoms with Crippen molar-refractivity contribution in [3.8, 4) is 0 Å². The molecule has 0 bridgehead atoms. The fraction of sp³-hybridized carbons (Fsp3) is 1.00. The average Bonchev–Trinajstić information content (AvgIpc) is 2.36. The number of piperazine rings is 1. The largest absolute Gasteiger partial charge is 0.313 e. The van der Waals surface area contributed by atoms with E-state index in [-0.39, 0.29) is 0 Å². The molecular formula is C16H33N3. The summed E-state index contributed by atoms with van der Waals surface area (Å²) >= 11 is 0. The van der Waals surface area contributed by atoms with Gasteiger partial charge in [-0.15, -0.1) is 0 Å². The van der Waals surface area contributed by atoms with Crippen molar-refractivity contribution in [2.45, 2.75) is 46.1 Å². The minimum Gasteiger partial charge on any atom is -0.313 e. The van der Waals surface area contributed by atoms with Crippen LogP contribution in [0.4, 0.5) is 0 Å². The van der Waals surface area contributed by atoms with Crippen molar-refractivity contribution in [2.24, 2.45) is 11.3 Å². The van der Waals surface area contributed by atoms with Gasteiger partial charge in [-0.05, 0) is 37.8 Å². The molecule has 0 aromatic carbocycles. The van der Waals surface area contributed by atoms with E-state index in [1.807, 2.05) is 0 Å². The molecule has 3 nitrogen and oxygen atoms in total. The Morgan fingerprint density at radius 1 is 1.16 bits per heavy atom. The van der Waals surface area contributed by atoms with Gasteiger partial charge in [0.1, 0.15) is 0 Å². The molecule has 2 unspecified atom stereocenters. The maximum Gasteiger partial charge on any atom is 0.0159 e. The first-order chi connectivity index (χ1) is 9.03. The summed E-state index contributed by atoms with van der Waals surface area (Å²) in [6.07, 6.45) is 4.20. The maximum absolute atomic E-state index is 3.79. The minimum atomic E-state index is 0.464. The number of nitrogens with zero attached hydrogens (tertiary/aromatic N) is 2. The van der Waals surface area contributed by atoms with Crippen molar-refractivity contribution < 1.29 is 0 Å². The molecule has 2 fully saturated rings. The van der Waals surface area contributed by atoms with Crippen molar-refractivity contribution in [1.82, 2.24) is 15.1 Å². The lowest BCUT2D eigenvalue weighted by Gasteiger charge is -2.46. The van der Waals surface area contributed by atoms with Crippen molar-refractivity contribution in [2.75, 3.05) is 46.3 Å².